The minimum atomic E-state index is -3.86. The molecule has 2 heterocycles. The van der Waals surface area contributed by atoms with Gasteiger partial charge in [0.2, 0.25) is 5.88 Å². The van der Waals surface area contributed by atoms with E-state index in [9.17, 15) is 8.42 Å². The number of hydrogen-bond donors (Lipinski definition) is 0. The maximum atomic E-state index is 13.0. The highest BCUT2D eigenvalue weighted by Crippen LogP contribution is 2.27. The maximum absolute atomic E-state index is 13.0. The summed E-state index contributed by atoms with van der Waals surface area (Å²) in [6.45, 7) is 1.88. The van der Waals surface area contributed by atoms with Gasteiger partial charge in [-0.25, -0.2) is 22.4 Å². The highest BCUT2D eigenvalue weighted by atomic mass is 32.2. The Morgan fingerprint density at radius 1 is 1.19 bits per heavy atom. The molecule has 0 radical (unpaired) electrons. The second kappa shape index (κ2) is 6.71. The van der Waals surface area contributed by atoms with E-state index < -0.39 is 10.0 Å². The van der Waals surface area contributed by atoms with Crippen LogP contribution >= 0.6 is 0 Å². The lowest BCUT2D eigenvalue weighted by atomic mass is 10.2. The maximum Gasteiger partial charge on any atom is 0.269 e. The fourth-order valence-corrected chi connectivity index (χ4v) is 3.51. The van der Waals surface area contributed by atoms with E-state index in [0.717, 1.165) is 9.54 Å². The third-order valence-corrected chi connectivity index (χ3v) is 5.17. The molecule has 3 rings (SSSR count). The molecule has 0 aliphatic heterocycles. The Kier molecular flexibility index (Phi) is 4.60. The van der Waals surface area contributed by atoms with Crippen molar-refractivity contribution in [2.24, 2.45) is 4.99 Å². The second-order valence-electron chi connectivity index (χ2n) is 5.77. The van der Waals surface area contributed by atoms with E-state index in [1.54, 1.807) is 29.2 Å². The lowest BCUT2D eigenvalue weighted by Crippen LogP contribution is -2.13. The van der Waals surface area contributed by atoms with Crippen molar-refractivity contribution in [2.45, 2.75) is 11.8 Å². The Morgan fingerprint density at radius 2 is 1.88 bits per heavy atom. The number of hydrogen-bond acceptors (Lipinski definition) is 7. The summed E-state index contributed by atoms with van der Waals surface area (Å²) in [7, 11) is 1.15. The van der Waals surface area contributed by atoms with E-state index >= 15 is 0 Å². The van der Waals surface area contributed by atoms with E-state index in [4.69, 9.17) is 4.74 Å². The number of methoxy groups -OCH3 is 1. The molecule has 9 nitrogen and oxygen atoms in total. The van der Waals surface area contributed by atoms with Gasteiger partial charge in [0.15, 0.2) is 11.2 Å². The molecule has 0 N–H and O–H groups in total. The van der Waals surface area contributed by atoms with Gasteiger partial charge in [-0.3, -0.25) is 0 Å². The van der Waals surface area contributed by atoms with Gasteiger partial charge in [-0.1, -0.05) is 17.7 Å². The molecule has 0 atom stereocenters. The first-order valence-electron chi connectivity index (χ1n) is 7.65. The van der Waals surface area contributed by atoms with Gasteiger partial charge in [0.1, 0.15) is 6.33 Å². The fourth-order valence-electron chi connectivity index (χ4n) is 2.23. The minimum absolute atomic E-state index is 0.0779. The van der Waals surface area contributed by atoms with Crippen molar-refractivity contribution in [2.75, 3.05) is 21.2 Å². The molecule has 0 unspecified atom stereocenters. The number of aliphatic imine (C=N–C) groups is 1. The molecule has 0 spiro atoms. The molecule has 10 heteroatoms. The molecule has 136 valence electrons. The van der Waals surface area contributed by atoms with Gasteiger partial charge in [-0.2, -0.15) is 9.97 Å². The summed E-state index contributed by atoms with van der Waals surface area (Å²) in [4.78, 5) is 18.4. The summed E-state index contributed by atoms with van der Waals surface area (Å²) in [6, 6.07) is 6.54. The third-order valence-electron chi connectivity index (χ3n) is 3.50. The topological polar surface area (TPSA) is 103 Å². The van der Waals surface area contributed by atoms with E-state index in [1.165, 1.54) is 19.8 Å². The zero-order chi connectivity index (χ0) is 18.9. The fraction of sp³-hybridized carbons (Fsp3) is 0.250. The predicted octanol–water partition coefficient (Wildman–Crippen LogP) is 1.60. The smallest absolute Gasteiger partial charge is 0.269 e. The Morgan fingerprint density at radius 3 is 2.50 bits per heavy atom. The Bertz CT molecular complexity index is 1070. The summed E-state index contributed by atoms with van der Waals surface area (Å²) in [5, 5.41) is 0. The Hall–Kier alpha value is -3.01. The number of aryl methyl sites for hydroxylation is 1. The molecule has 3 aromatic rings. The van der Waals surface area contributed by atoms with Crippen molar-refractivity contribution < 1.29 is 13.2 Å². The van der Waals surface area contributed by atoms with Crippen LogP contribution in [0.4, 0.5) is 5.95 Å². The summed E-state index contributed by atoms with van der Waals surface area (Å²) < 4.78 is 32.2. The largest absolute Gasteiger partial charge is 0.479 e. The Balaban J connectivity index is 2.17. The van der Waals surface area contributed by atoms with Crippen LogP contribution in [0.25, 0.3) is 11.2 Å². The molecule has 0 fully saturated rings. The third kappa shape index (κ3) is 3.23. The average Bonchev–Trinajstić information content (AvgIpc) is 3.04. The van der Waals surface area contributed by atoms with Gasteiger partial charge in [-0.05, 0) is 19.1 Å². The predicted molar refractivity (Wildman–Crippen MR) is 97.5 cm³/mol. The molecule has 0 saturated heterocycles. The normalized spacial score (nSPS) is 12.0. The lowest BCUT2D eigenvalue weighted by Gasteiger charge is -2.09. The molecule has 0 amide bonds. The molecule has 2 aromatic heterocycles. The van der Waals surface area contributed by atoms with Crippen LogP contribution in [-0.2, 0) is 10.0 Å². The van der Waals surface area contributed by atoms with Crippen molar-refractivity contribution in [3.63, 3.8) is 0 Å². The van der Waals surface area contributed by atoms with Crippen LogP contribution in [-0.4, -0.2) is 59.8 Å². The number of ether oxygens (including phenoxy) is 1. The van der Waals surface area contributed by atoms with Crippen molar-refractivity contribution in [1.82, 2.24) is 23.8 Å². The highest BCUT2D eigenvalue weighted by Gasteiger charge is 2.24. The van der Waals surface area contributed by atoms with Crippen molar-refractivity contribution in [1.29, 1.82) is 0 Å². The van der Waals surface area contributed by atoms with Gasteiger partial charge in [-0.15, -0.1) is 0 Å². The number of imidazole rings is 1. The summed E-state index contributed by atoms with van der Waals surface area (Å²) >= 11 is 0. The van der Waals surface area contributed by atoms with Crippen LogP contribution in [0.3, 0.4) is 0 Å². The van der Waals surface area contributed by atoms with E-state index in [2.05, 4.69) is 19.9 Å². The van der Waals surface area contributed by atoms with Gasteiger partial charge in [0.25, 0.3) is 16.0 Å². The number of aromatic nitrogens is 4. The molecular formula is C16H18N6O3S. The van der Waals surface area contributed by atoms with Crippen LogP contribution in [0.15, 0.2) is 40.5 Å². The van der Waals surface area contributed by atoms with Gasteiger partial charge >= 0.3 is 0 Å². The van der Waals surface area contributed by atoms with Gasteiger partial charge in [0.05, 0.1) is 18.3 Å². The first-order valence-corrected chi connectivity index (χ1v) is 9.09. The molecular weight excluding hydrogens is 356 g/mol. The number of fused-ring (bicyclic) bond motifs is 1. The van der Waals surface area contributed by atoms with Crippen LogP contribution in [0, 0.1) is 6.92 Å². The van der Waals surface area contributed by atoms with Crippen molar-refractivity contribution in [3.8, 4) is 5.88 Å². The first kappa shape index (κ1) is 17.8. The minimum Gasteiger partial charge on any atom is -0.479 e. The zero-order valence-corrected chi connectivity index (χ0v) is 15.6. The average molecular weight is 374 g/mol. The van der Waals surface area contributed by atoms with Crippen LogP contribution < -0.4 is 4.74 Å². The summed E-state index contributed by atoms with van der Waals surface area (Å²) in [5.74, 6) is 0.204. The van der Waals surface area contributed by atoms with Gasteiger partial charge < -0.3 is 9.64 Å². The van der Waals surface area contributed by atoms with Crippen LogP contribution in [0.5, 0.6) is 5.88 Å². The molecule has 0 aliphatic rings. The second-order valence-corrected chi connectivity index (χ2v) is 7.59. The van der Waals surface area contributed by atoms with E-state index in [0.29, 0.717) is 0 Å². The van der Waals surface area contributed by atoms with E-state index in [1.807, 2.05) is 21.0 Å². The molecule has 0 saturated carbocycles. The highest BCUT2D eigenvalue weighted by molar-refractivity contribution is 7.90. The molecule has 0 aliphatic carbocycles. The summed E-state index contributed by atoms with van der Waals surface area (Å²) in [6.07, 6.45) is 2.72. The quantitative estimate of drug-likeness (QED) is 0.494. The molecule has 0 bridgehead atoms. The van der Waals surface area contributed by atoms with Crippen molar-refractivity contribution >= 4 is 33.5 Å². The van der Waals surface area contributed by atoms with Crippen LogP contribution in [0.1, 0.15) is 5.56 Å². The number of benzene rings is 1. The molecule has 1 aromatic carbocycles. The van der Waals surface area contributed by atoms with E-state index in [-0.39, 0.29) is 27.9 Å². The standard InChI is InChI=1S/C16H18N6O3S/c1-11-5-7-12(8-6-11)26(23,24)22-10-17-14-13(22)15(25-4)20-16(19-14)18-9-21(2)3/h5-10H,1-4H3/b18-9+. The van der Waals surface area contributed by atoms with Crippen molar-refractivity contribution in [3.05, 3.63) is 36.2 Å². The van der Waals surface area contributed by atoms with Gasteiger partial charge in [0, 0.05) is 14.1 Å². The molecule has 26 heavy (non-hydrogen) atoms. The summed E-state index contributed by atoms with van der Waals surface area (Å²) in [5.41, 5.74) is 1.30. The monoisotopic (exact) mass is 374 g/mol. The Labute approximate surface area is 151 Å². The first-order chi connectivity index (χ1) is 12.3. The number of nitrogens with zero attached hydrogens (tertiary/aromatic N) is 6. The number of rotatable bonds is 5. The SMILES string of the molecule is COc1nc(/N=C/N(C)C)nc2ncn(S(=O)(=O)c3ccc(C)cc3)c12. The lowest BCUT2D eigenvalue weighted by molar-refractivity contribution is 0.401. The van der Waals surface area contributed by atoms with Crippen LogP contribution in [0.2, 0.25) is 0 Å². The zero-order valence-electron chi connectivity index (χ0n) is 14.8.